The summed E-state index contributed by atoms with van der Waals surface area (Å²) < 4.78 is 5.25. The molecule has 18 heavy (non-hydrogen) atoms. The van der Waals surface area contributed by atoms with Crippen molar-refractivity contribution in [2.24, 2.45) is 5.73 Å². The second-order valence-corrected chi connectivity index (χ2v) is 4.31. The Kier molecular flexibility index (Phi) is 3.73. The summed E-state index contributed by atoms with van der Waals surface area (Å²) in [5, 5.41) is 0. The molecule has 0 radical (unpaired) electrons. The van der Waals surface area contributed by atoms with Crippen molar-refractivity contribution in [3.8, 4) is 0 Å². The van der Waals surface area contributed by atoms with E-state index < -0.39 is 11.9 Å². The largest absolute Gasteiger partial charge is 0.384 e. The monoisotopic (exact) mass is 251 g/mol. The number of ether oxygens (including phenoxy) is 1. The number of morpholine rings is 1. The van der Waals surface area contributed by atoms with Crippen molar-refractivity contribution in [3.63, 3.8) is 0 Å². The molecule has 1 unspecified atom stereocenters. The molecule has 1 aliphatic rings. The fraction of sp³-hybridized carbons (Fsp3) is 0.545. The molecule has 7 heteroatoms. The van der Waals surface area contributed by atoms with Gasteiger partial charge in [-0.3, -0.25) is 9.69 Å². The molecule has 0 aromatic carbocycles. The Morgan fingerprint density at radius 2 is 2.39 bits per heavy atom. The zero-order valence-corrected chi connectivity index (χ0v) is 10.3. The second-order valence-electron chi connectivity index (χ2n) is 4.31. The van der Waals surface area contributed by atoms with E-state index in [9.17, 15) is 4.79 Å². The van der Waals surface area contributed by atoms with Crippen LogP contribution in [-0.4, -0.2) is 46.6 Å². The summed E-state index contributed by atoms with van der Waals surface area (Å²) in [6.45, 7) is 3.82. The first kappa shape index (κ1) is 12.7. The molecule has 1 saturated heterocycles. The molecule has 1 aliphatic heterocycles. The number of carbonyl (C=O) groups is 1. The van der Waals surface area contributed by atoms with E-state index in [0.29, 0.717) is 37.9 Å². The molecular formula is C11H17N5O2. The molecule has 4 N–H and O–H groups in total. The van der Waals surface area contributed by atoms with E-state index in [1.54, 1.807) is 6.07 Å². The molecule has 0 bridgehead atoms. The smallest absolute Gasteiger partial charge is 0.237 e. The first-order chi connectivity index (χ1) is 8.56. The van der Waals surface area contributed by atoms with Gasteiger partial charge in [0, 0.05) is 18.3 Å². The highest BCUT2D eigenvalue weighted by Gasteiger charge is 2.28. The van der Waals surface area contributed by atoms with Gasteiger partial charge in [0.25, 0.3) is 0 Å². The number of aryl methyl sites for hydroxylation is 1. The topological polar surface area (TPSA) is 107 Å². The van der Waals surface area contributed by atoms with Crippen LogP contribution in [-0.2, 0) is 16.1 Å². The van der Waals surface area contributed by atoms with Gasteiger partial charge >= 0.3 is 0 Å². The lowest BCUT2D eigenvalue weighted by Crippen LogP contribution is -2.52. The van der Waals surface area contributed by atoms with Gasteiger partial charge in [-0.25, -0.2) is 9.97 Å². The summed E-state index contributed by atoms with van der Waals surface area (Å²) in [5.41, 5.74) is 11.8. The van der Waals surface area contributed by atoms with Crippen LogP contribution in [0.5, 0.6) is 0 Å². The molecule has 0 aliphatic carbocycles. The van der Waals surface area contributed by atoms with Crippen LogP contribution in [0.3, 0.4) is 0 Å². The van der Waals surface area contributed by atoms with Crippen molar-refractivity contribution in [2.45, 2.75) is 19.5 Å². The molecule has 0 spiro atoms. The molecule has 1 fully saturated rings. The van der Waals surface area contributed by atoms with Gasteiger partial charge in [0.05, 0.1) is 19.8 Å². The average molecular weight is 251 g/mol. The predicted octanol–water partition coefficient (Wildman–Crippen LogP) is -0.947. The van der Waals surface area contributed by atoms with Crippen molar-refractivity contribution in [3.05, 3.63) is 17.6 Å². The number of nitrogens with zero attached hydrogens (tertiary/aromatic N) is 3. The quantitative estimate of drug-likeness (QED) is 0.717. The number of primary amides is 1. The van der Waals surface area contributed by atoms with Crippen LogP contribution in [0, 0.1) is 6.92 Å². The van der Waals surface area contributed by atoms with Gasteiger partial charge in [-0.1, -0.05) is 0 Å². The van der Waals surface area contributed by atoms with Crippen LogP contribution in [0.4, 0.5) is 5.82 Å². The van der Waals surface area contributed by atoms with Crippen molar-refractivity contribution in [2.75, 3.05) is 25.5 Å². The lowest BCUT2D eigenvalue weighted by atomic mass is 10.2. The Morgan fingerprint density at radius 3 is 3.06 bits per heavy atom. The number of nitrogen functional groups attached to an aromatic ring is 1. The molecular weight excluding hydrogens is 234 g/mol. The fourth-order valence-electron chi connectivity index (χ4n) is 2.00. The van der Waals surface area contributed by atoms with Crippen molar-refractivity contribution in [1.82, 2.24) is 14.9 Å². The number of nitrogens with two attached hydrogens (primary N) is 2. The summed E-state index contributed by atoms with van der Waals surface area (Å²) in [6.07, 6.45) is 0. The maximum Gasteiger partial charge on any atom is 0.237 e. The lowest BCUT2D eigenvalue weighted by molar-refractivity contribution is -0.129. The van der Waals surface area contributed by atoms with E-state index in [1.807, 2.05) is 11.8 Å². The highest BCUT2D eigenvalue weighted by atomic mass is 16.5. The molecule has 0 saturated carbocycles. The van der Waals surface area contributed by atoms with E-state index in [0.717, 1.165) is 5.69 Å². The number of hydrogen-bond acceptors (Lipinski definition) is 6. The molecule has 1 atom stereocenters. The summed E-state index contributed by atoms with van der Waals surface area (Å²) >= 11 is 0. The standard InChI is InChI=1S/C11H17N5O2/c1-7-4-9(12)15-10(14-7)5-16-2-3-18-6-8(16)11(13)17/h4,8H,2-3,5-6H2,1H3,(H2,13,17)(H2,12,14,15). The molecule has 7 nitrogen and oxygen atoms in total. The summed E-state index contributed by atoms with van der Waals surface area (Å²) in [4.78, 5) is 21.7. The Hall–Kier alpha value is -1.73. The third-order valence-corrected chi connectivity index (χ3v) is 2.83. The summed E-state index contributed by atoms with van der Waals surface area (Å²) in [7, 11) is 0. The fourth-order valence-corrected chi connectivity index (χ4v) is 2.00. The Bertz CT molecular complexity index is 431. The second kappa shape index (κ2) is 5.28. The number of amides is 1. The van der Waals surface area contributed by atoms with Crippen LogP contribution in [0.1, 0.15) is 11.5 Å². The summed E-state index contributed by atoms with van der Waals surface area (Å²) in [6, 6.07) is 1.28. The first-order valence-electron chi connectivity index (χ1n) is 5.77. The maximum absolute atomic E-state index is 11.3. The SMILES string of the molecule is Cc1cc(N)nc(CN2CCOCC2C(N)=O)n1. The van der Waals surface area contributed by atoms with E-state index >= 15 is 0 Å². The highest BCUT2D eigenvalue weighted by Crippen LogP contribution is 2.11. The minimum Gasteiger partial charge on any atom is -0.384 e. The molecule has 2 heterocycles. The van der Waals surface area contributed by atoms with Gasteiger partial charge in [-0.2, -0.15) is 0 Å². The van der Waals surface area contributed by atoms with Gasteiger partial charge in [0.2, 0.25) is 5.91 Å². The highest BCUT2D eigenvalue weighted by molar-refractivity contribution is 5.80. The zero-order chi connectivity index (χ0) is 13.1. The third-order valence-electron chi connectivity index (χ3n) is 2.83. The average Bonchev–Trinajstić information content (AvgIpc) is 2.27. The molecule has 1 amide bonds. The van der Waals surface area contributed by atoms with Crippen LogP contribution in [0.25, 0.3) is 0 Å². The van der Waals surface area contributed by atoms with E-state index in [-0.39, 0.29) is 0 Å². The predicted molar refractivity (Wildman–Crippen MR) is 65.4 cm³/mol. The van der Waals surface area contributed by atoms with Gasteiger partial charge in [-0.15, -0.1) is 0 Å². The maximum atomic E-state index is 11.3. The summed E-state index contributed by atoms with van der Waals surface area (Å²) in [5.74, 6) is 0.636. The Labute approximate surface area is 105 Å². The van der Waals surface area contributed by atoms with Crippen LogP contribution >= 0.6 is 0 Å². The molecule has 98 valence electrons. The third kappa shape index (κ3) is 2.93. The number of rotatable bonds is 3. The molecule has 2 rings (SSSR count). The molecule has 1 aromatic heterocycles. The van der Waals surface area contributed by atoms with Crippen LogP contribution in [0.2, 0.25) is 0 Å². The minimum atomic E-state index is -0.427. The Balaban J connectivity index is 2.13. The van der Waals surface area contributed by atoms with Crippen molar-refractivity contribution in [1.29, 1.82) is 0 Å². The van der Waals surface area contributed by atoms with Gasteiger partial charge in [0.1, 0.15) is 17.7 Å². The number of aromatic nitrogens is 2. The number of hydrogen-bond donors (Lipinski definition) is 2. The van der Waals surface area contributed by atoms with Gasteiger partial charge in [0.15, 0.2) is 0 Å². The van der Waals surface area contributed by atoms with E-state index in [1.165, 1.54) is 0 Å². The Morgan fingerprint density at radius 1 is 1.61 bits per heavy atom. The minimum absolute atomic E-state index is 0.316. The zero-order valence-electron chi connectivity index (χ0n) is 10.3. The van der Waals surface area contributed by atoms with E-state index in [4.69, 9.17) is 16.2 Å². The number of carbonyl (C=O) groups excluding carboxylic acids is 1. The number of anilines is 1. The normalized spacial score (nSPS) is 20.8. The van der Waals surface area contributed by atoms with Crippen LogP contribution < -0.4 is 11.5 Å². The van der Waals surface area contributed by atoms with Crippen LogP contribution in [0.15, 0.2) is 6.07 Å². The lowest BCUT2D eigenvalue weighted by Gasteiger charge is -2.32. The first-order valence-corrected chi connectivity index (χ1v) is 5.77. The van der Waals surface area contributed by atoms with Crippen molar-refractivity contribution >= 4 is 11.7 Å². The van der Waals surface area contributed by atoms with Gasteiger partial charge in [-0.05, 0) is 6.92 Å². The van der Waals surface area contributed by atoms with E-state index in [2.05, 4.69) is 9.97 Å². The van der Waals surface area contributed by atoms with Gasteiger partial charge < -0.3 is 16.2 Å². The molecule has 1 aromatic rings. The van der Waals surface area contributed by atoms with Crippen molar-refractivity contribution < 1.29 is 9.53 Å².